The zero-order chi connectivity index (χ0) is 19.3. The Morgan fingerprint density at radius 1 is 0.893 bits per heavy atom. The van der Waals surface area contributed by atoms with E-state index in [9.17, 15) is 14.4 Å². The summed E-state index contributed by atoms with van der Waals surface area (Å²) in [5.41, 5.74) is 1.23. The molecule has 4 atom stereocenters. The summed E-state index contributed by atoms with van der Waals surface area (Å²) in [6.45, 7) is 0. The highest BCUT2D eigenvalue weighted by Crippen LogP contribution is 2.57. The summed E-state index contributed by atoms with van der Waals surface area (Å²) in [5, 5.41) is 0. The summed E-state index contributed by atoms with van der Waals surface area (Å²) < 4.78 is 5.56. The van der Waals surface area contributed by atoms with Crippen LogP contribution >= 0.6 is 0 Å². The third-order valence-corrected chi connectivity index (χ3v) is 6.45. The number of hydrogen-bond acceptors (Lipinski definition) is 4. The lowest BCUT2D eigenvalue weighted by Gasteiger charge is -2.20. The predicted octanol–water partition coefficient (Wildman–Crippen LogP) is 3.37. The van der Waals surface area contributed by atoms with Crippen molar-refractivity contribution in [1.29, 1.82) is 0 Å². The lowest BCUT2D eigenvalue weighted by Crippen LogP contribution is -2.33. The fourth-order valence-electron chi connectivity index (χ4n) is 5.30. The van der Waals surface area contributed by atoms with E-state index in [1.54, 1.807) is 24.3 Å². The molecule has 5 nitrogen and oxygen atoms in total. The van der Waals surface area contributed by atoms with Crippen LogP contribution in [0.4, 0.5) is 5.69 Å². The van der Waals surface area contributed by atoms with Crippen LogP contribution in [-0.4, -0.2) is 17.8 Å². The molecule has 0 unspecified atom stereocenters. The second-order valence-electron chi connectivity index (χ2n) is 8.00. The van der Waals surface area contributed by atoms with Gasteiger partial charge in [-0.25, -0.2) is 4.90 Å². The SMILES string of the molecule is O=C(Cc1ccccc1)Oc1ccccc1N1C(=O)[C@@H]2[C@H]3CC[C@@H](C3)[C@@H]2C1=O. The van der Waals surface area contributed by atoms with E-state index in [1.165, 1.54) is 4.90 Å². The second-order valence-corrected chi connectivity index (χ2v) is 8.00. The first-order valence-electron chi connectivity index (χ1n) is 9.85. The number of para-hydroxylation sites is 2. The average Bonchev–Trinajstić information content (AvgIpc) is 3.37. The Balaban J connectivity index is 1.40. The van der Waals surface area contributed by atoms with Crippen LogP contribution in [0.2, 0.25) is 0 Å². The van der Waals surface area contributed by atoms with E-state index in [1.807, 2.05) is 30.3 Å². The quantitative estimate of drug-likeness (QED) is 0.467. The molecule has 2 aromatic rings. The van der Waals surface area contributed by atoms with Crippen molar-refractivity contribution in [2.75, 3.05) is 4.90 Å². The molecular weight excluding hydrogens is 354 g/mol. The van der Waals surface area contributed by atoms with Crippen LogP contribution in [0.5, 0.6) is 5.75 Å². The van der Waals surface area contributed by atoms with Crippen molar-refractivity contribution in [1.82, 2.24) is 0 Å². The first-order chi connectivity index (χ1) is 13.6. The zero-order valence-corrected chi connectivity index (χ0v) is 15.4. The molecule has 2 bridgehead atoms. The molecule has 1 heterocycles. The van der Waals surface area contributed by atoms with Crippen LogP contribution in [0.3, 0.4) is 0 Å². The van der Waals surface area contributed by atoms with Gasteiger partial charge in [0.05, 0.1) is 23.9 Å². The molecule has 0 spiro atoms. The number of imide groups is 1. The van der Waals surface area contributed by atoms with Gasteiger partial charge in [0, 0.05) is 0 Å². The minimum absolute atomic E-state index is 0.131. The standard InChI is InChI=1S/C23H21NO4/c25-19(12-14-6-2-1-3-7-14)28-18-9-5-4-8-17(18)24-22(26)20-15-10-11-16(13-15)21(20)23(24)27/h1-9,15-16,20-21H,10-13H2/t15-,16-,20-,21+/m0/s1. The number of anilines is 1. The van der Waals surface area contributed by atoms with Crippen molar-refractivity contribution in [3.63, 3.8) is 0 Å². The molecule has 0 N–H and O–H groups in total. The van der Waals surface area contributed by atoms with Crippen LogP contribution in [0.25, 0.3) is 0 Å². The second kappa shape index (κ2) is 6.59. The molecule has 5 rings (SSSR count). The molecule has 2 saturated carbocycles. The van der Waals surface area contributed by atoms with Gasteiger partial charge in [0.25, 0.3) is 0 Å². The molecule has 2 aromatic carbocycles. The van der Waals surface area contributed by atoms with E-state index in [4.69, 9.17) is 4.74 Å². The van der Waals surface area contributed by atoms with Gasteiger partial charge < -0.3 is 4.74 Å². The number of carbonyl (C=O) groups excluding carboxylic acids is 3. The number of hydrogen-bond donors (Lipinski definition) is 0. The van der Waals surface area contributed by atoms with Gasteiger partial charge >= 0.3 is 5.97 Å². The lowest BCUT2D eigenvalue weighted by molar-refractivity contribution is -0.134. The molecule has 2 amide bonds. The minimum atomic E-state index is -0.419. The van der Waals surface area contributed by atoms with E-state index in [0.29, 0.717) is 17.5 Å². The number of esters is 1. The van der Waals surface area contributed by atoms with Gasteiger partial charge in [0.15, 0.2) is 5.75 Å². The van der Waals surface area contributed by atoms with Gasteiger partial charge in [-0.15, -0.1) is 0 Å². The normalized spacial score (nSPS) is 27.9. The Hall–Kier alpha value is -2.95. The molecule has 1 aliphatic heterocycles. The van der Waals surface area contributed by atoms with Crippen LogP contribution in [0, 0.1) is 23.7 Å². The third-order valence-electron chi connectivity index (χ3n) is 6.45. The average molecular weight is 375 g/mol. The van der Waals surface area contributed by atoms with E-state index >= 15 is 0 Å². The van der Waals surface area contributed by atoms with Crippen molar-refractivity contribution < 1.29 is 19.1 Å². The van der Waals surface area contributed by atoms with E-state index in [2.05, 4.69) is 0 Å². The number of rotatable bonds is 4. The predicted molar refractivity (Wildman–Crippen MR) is 103 cm³/mol. The number of amides is 2. The van der Waals surface area contributed by atoms with Crippen molar-refractivity contribution in [3.8, 4) is 5.75 Å². The van der Waals surface area contributed by atoms with Crippen molar-refractivity contribution >= 4 is 23.5 Å². The monoisotopic (exact) mass is 375 g/mol. The van der Waals surface area contributed by atoms with Crippen LogP contribution < -0.4 is 9.64 Å². The molecule has 28 heavy (non-hydrogen) atoms. The summed E-state index contributed by atoms with van der Waals surface area (Å²) in [6.07, 6.45) is 3.19. The van der Waals surface area contributed by atoms with Crippen molar-refractivity contribution in [3.05, 3.63) is 60.2 Å². The zero-order valence-electron chi connectivity index (χ0n) is 15.4. The molecule has 2 aliphatic carbocycles. The summed E-state index contributed by atoms with van der Waals surface area (Å²) in [7, 11) is 0. The van der Waals surface area contributed by atoms with Gasteiger partial charge in [-0.05, 0) is 48.8 Å². The van der Waals surface area contributed by atoms with Gasteiger partial charge in [0.2, 0.25) is 11.8 Å². The molecule has 5 heteroatoms. The van der Waals surface area contributed by atoms with Crippen molar-refractivity contribution in [2.45, 2.75) is 25.7 Å². The Bertz CT molecular complexity index is 926. The first kappa shape index (κ1) is 17.2. The maximum absolute atomic E-state index is 13.1. The van der Waals surface area contributed by atoms with E-state index in [-0.39, 0.29) is 35.8 Å². The number of carbonyl (C=O) groups is 3. The van der Waals surface area contributed by atoms with Crippen LogP contribution in [0.15, 0.2) is 54.6 Å². The lowest BCUT2D eigenvalue weighted by atomic mass is 9.81. The smallest absolute Gasteiger partial charge is 0.315 e. The summed E-state index contributed by atoms with van der Waals surface area (Å²) in [6, 6.07) is 16.2. The summed E-state index contributed by atoms with van der Waals surface area (Å²) in [4.78, 5) is 39.8. The number of nitrogens with zero attached hydrogens (tertiary/aromatic N) is 1. The molecule has 1 saturated heterocycles. The Labute approximate surface area is 163 Å². The van der Waals surface area contributed by atoms with E-state index in [0.717, 1.165) is 24.8 Å². The molecule has 3 fully saturated rings. The van der Waals surface area contributed by atoms with Crippen LogP contribution in [-0.2, 0) is 20.8 Å². The molecular formula is C23H21NO4. The van der Waals surface area contributed by atoms with Gasteiger partial charge in [0.1, 0.15) is 0 Å². The molecule has 0 radical (unpaired) electrons. The third kappa shape index (κ3) is 2.65. The molecule has 142 valence electrons. The van der Waals surface area contributed by atoms with Gasteiger partial charge in [-0.3, -0.25) is 14.4 Å². The summed E-state index contributed by atoms with van der Waals surface area (Å²) >= 11 is 0. The Morgan fingerprint density at radius 2 is 1.50 bits per heavy atom. The maximum Gasteiger partial charge on any atom is 0.315 e. The number of ether oxygens (including phenoxy) is 1. The van der Waals surface area contributed by atoms with Gasteiger partial charge in [-0.1, -0.05) is 42.5 Å². The highest BCUT2D eigenvalue weighted by Gasteiger charge is 2.61. The maximum atomic E-state index is 13.1. The Kier molecular flexibility index (Phi) is 4.04. The topological polar surface area (TPSA) is 63.7 Å². The Morgan fingerprint density at radius 3 is 2.18 bits per heavy atom. The number of benzene rings is 2. The van der Waals surface area contributed by atoms with E-state index < -0.39 is 5.97 Å². The molecule has 0 aromatic heterocycles. The highest BCUT2D eigenvalue weighted by atomic mass is 16.5. The highest BCUT2D eigenvalue weighted by molar-refractivity contribution is 6.23. The fraction of sp³-hybridized carbons (Fsp3) is 0.348. The number of fused-ring (bicyclic) bond motifs is 5. The first-order valence-corrected chi connectivity index (χ1v) is 9.85. The summed E-state index contributed by atoms with van der Waals surface area (Å²) in [5.74, 6) is -0.162. The fourth-order valence-corrected chi connectivity index (χ4v) is 5.30. The van der Waals surface area contributed by atoms with Crippen LogP contribution in [0.1, 0.15) is 24.8 Å². The molecule has 3 aliphatic rings. The van der Waals surface area contributed by atoms with Crippen molar-refractivity contribution in [2.24, 2.45) is 23.7 Å². The largest absolute Gasteiger partial charge is 0.424 e. The minimum Gasteiger partial charge on any atom is -0.424 e. The van der Waals surface area contributed by atoms with Gasteiger partial charge in [-0.2, -0.15) is 0 Å².